The molecule has 1 aromatic carbocycles. The summed E-state index contributed by atoms with van der Waals surface area (Å²) in [6.45, 7) is 0.311. The number of nitrogens with one attached hydrogen (secondary N) is 1. The van der Waals surface area contributed by atoms with Crippen LogP contribution in [0.5, 0.6) is 11.5 Å². The molecule has 1 rings (SSSR count). The Kier molecular flexibility index (Phi) is 6.19. The quantitative estimate of drug-likeness (QED) is 0.686. The Morgan fingerprint density at radius 2 is 2.32 bits per heavy atom. The van der Waals surface area contributed by atoms with Gasteiger partial charge >= 0.3 is 0 Å². The van der Waals surface area contributed by atoms with Gasteiger partial charge in [0.2, 0.25) is 0 Å². The van der Waals surface area contributed by atoms with Gasteiger partial charge in [-0.3, -0.25) is 4.79 Å². The van der Waals surface area contributed by atoms with Crippen LogP contribution in [0.25, 0.3) is 0 Å². The smallest absolute Gasteiger partial charge is 0.258 e. The molecule has 1 aromatic rings. The number of nitrogens with two attached hydrogens (primary N) is 1. The molecule has 6 heteroatoms. The SMILES string of the molecule is COc1ccc(CCN)c(OCC(=O)NCC#N)c1. The summed E-state index contributed by atoms with van der Waals surface area (Å²) in [7, 11) is 1.56. The highest BCUT2D eigenvalue weighted by Gasteiger charge is 2.08. The highest BCUT2D eigenvalue weighted by Crippen LogP contribution is 2.25. The molecule has 1 amide bonds. The first-order chi connectivity index (χ1) is 9.21. The van der Waals surface area contributed by atoms with E-state index in [1.807, 2.05) is 18.2 Å². The number of methoxy groups -OCH3 is 1. The predicted octanol–water partition coefficient (Wildman–Crippen LogP) is 0.215. The molecule has 0 radical (unpaired) electrons. The fourth-order valence-electron chi connectivity index (χ4n) is 1.49. The molecule has 0 aliphatic carbocycles. The van der Waals surface area contributed by atoms with Crippen molar-refractivity contribution in [3.05, 3.63) is 23.8 Å². The van der Waals surface area contributed by atoms with Gasteiger partial charge in [-0.25, -0.2) is 0 Å². The van der Waals surface area contributed by atoms with E-state index in [9.17, 15) is 4.79 Å². The summed E-state index contributed by atoms with van der Waals surface area (Å²) in [4.78, 5) is 11.4. The molecular formula is C13H17N3O3. The van der Waals surface area contributed by atoms with Crippen LogP contribution in [0, 0.1) is 11.3 Å². The minimum Gasteiger partial charge on any atom is -0.497 e. The summed E-state index contributed by atoms with van der Waals surface area (Å²) < 4.78 is 10.5. The van der Waals surface area contributed by atoms with Crippen LogP contribution < -0.4 is 20.5 Å². The molecule has 102 valence electrons. The maximum atomic E-state index is 11.4. The lowest BCUT2D eigenvalue weighted by Gasteiger charge is -2.12. The third-order valence-corrected chi connectivity index (χ3v) is 2.41. The van der Waals surface area contributed by atoms with Gasteiger partial charge in [-0.1, -0.05) is 6.07 Å². The molecule has 0 saturated heterocycles. The van der Waals surface area contributed by atoms with Crippen molar-refractivity contribution in [2.45, 2.75) is 6.42 Å². The second kappa shape index (κ2) is 7.95. The maximum absolute atomic E-state index is 11.4. The lowest BCUT2D eigenvalue weighted by atomic mass is 10.1. The zero-order valence-corrected chi connectivity index (χ0v) is 10.8. The Morgan fingerprint density at radius 1 is 1.53 bits per heavy atom. The van der Waals surface area contributed by atoms with E-state index in [4.69, 9.17) is 20.5 Å². The number of carbonyl (C=O) groups excluding carboxylic acids is 1. The van der Waals surface area contributed by atoms with Crippen LogP contribution in [0.1, 0.15) is 5.56 Å². The molecule has 0 aliphatic heterocycles. The molecule has 6 nitrogen and oxygen atoms in total. The van der Waals surface area contributed by atoms with Gasteiger partial charge in [0.1, 0.15) is 18.0 Å². The number of benzene rings is 1. The van der Waals surface area contributed by atoms with Crippen LogP contribution in [0.4, 0.5) is 0 Å². The summed E-state index contributed by atoms with van der Waals surface area (Å²) in [5.74, 6) is 0.869. The molecule has 0 saturated carbocycles. The van der Waals surface area contributed by atoms with Gasteiger partial charge in [-0.2, -0.15) is 5.26 Å². The molecule has 0 heterocycles. The molecule has 0 atom stereocenters. The van der Waals surface area contributed by atoms with E-state index in [1.165, 1.54) is 0 Å². The number of hydrogen-bond acceptors (Lipinski definition) is 5. The lowest BCUT2D eigenvalue weighted by molar-refractivity contribution is -0.122. The van der Waals surface area contributed by atoms with Gasteiger partial charge < -0.3 is 20.5 Å². The van der Waals surface area contributed by atoms with E-state index in [1.54, 1.807) is 13.2 Å². The second-order valence-corrected chi connectivity index (χ2v) is 3.74. The number of rotatable bonds is 7. The first kappa shape index (κ1) is 14.8. The number of nitriles is 1. The Morgan fingerprint density at radius 3 is 2.95 bits per heavy atom. The van der Waals surface area contributed by atoms with Crippen LogP contribution >= 0.6 is 0 Å². The molecule has 0 unspecified atom stereocenters. The summed E-state index contributed by atoms with van der Waals surface area (Å²) in [5.41, 5.74) is 6.43. The van der Waals surface area contributed by atoms with Gasteiger partial charge in [-0.05, 0) is 24.6 Å². The molecule has 0 aromatic heterocycles. The summed E-state index contributed by atoms with van der Waals surface area (Å²) >= 11 is 0. The average molecular weight is 263 g/mol. The van der Waals surface area contributed by atoms with Crippen molar-refractivity contribution in [2.75, 3.05) is 26.8 Å². The third-order valence-electron chi connectivity index (χ3n) is 2.41. The topological polar surface area (TPSA) is 97.4 Å². The van der Waals surface area contributed by atoms with Crippen LogP contribution in [-0.4, -0.2) is 32.7 Å². The van der Waals surface area contributed by atoms with Gasteiger partial charge in [0, 0.05) is 6.07 Å². The largest absolute Gasteiger partial charge is 0.497 e. The Balaban J connectivity index is 2.69. The standard InChI is InChI=1S/C13H17N3O3/c1-18-11-3-2-10(4-5-14)12(8-11)19-9-13(17)16-7-6-15/h2-3,8H,4-5,7,9,14H2,1H3,(H,16,17). The first-order valence-corrected chi connectivity index (χ1v) is 5.84. The van der Waals surface area contributed by atoms with E-state index >= 15 is 0 Å². The highest BCUT2D eigenvalue weighted by molar-refractivity contribution is 5.77. The highest BCUT2D eigenvalue weighted by atomic mass is 16.5. The minimum absolute atomic E-state index is 0.0318. The molecule has 19 heavy (non-hydrogen) atoms. The van der Waals surface area contributed by atoms with Crippen molar-refractivity contribution in [3.8, 4) is 17.6 Å². The fraction of sp³-hybridized carbons (Fsp3) is 0.385. The van der Waals surface area contributed by atoms with Crippen LogP contribution in [0.2, 0.25) is 0 Å². The van der Waals surface area contributed by atoms with Crippen molar-refractivity contribution in [1.82, 2.24) is 5.32 Å². The number of carbonyl (C=O) groups is 1. The van der Waals surface area contributed by atoms with Gasteiger partial charge in [0.25, 0.3) is 5.91 Å². The van der Waals surface area contributed by atoms with Crippen molar-refractivity contribution in [1.29, 1.82) is 5.26 Å². The third kappa shape index (κ3) is 4.85. The van der Waals surface area contributed by atoms with Crippen molar-refractivity contribution >= 4 is 5.91 Å². The monoisotopic (exact) mass is 263 g/mol. The summed E-state index contributed by atoms with van der Waals surface area (Å²) in [5, 5.41) is 10.7. The predicted molar refractivity (Wildman–Crippen MR) is 69.9 cm³/mol. The minimum atomic E-state index is -0.344. The van der Waals surface area contributed by atoms with E-state index in [-0.39, 0.29) is 19.1 Å². The zero-order chi connectivity index (χ0) is 14.1. The Hall–Kier alpha value is -2.26. The lowest BCUT2D eigenvalue weighted by Crippen LogP contribution is -2.29. The van der Waals surface area contributed by atoms with Crippen molar-refractivity contribution in [2.24, 2.45) is 5.73 Å². The average Bonchev–Trinajstić information content (AvgIpc) is 2.44. The zero-order valence-electron chi connectivity index (χ0n) is 10.8. The van der Waals surface area contributed by atoms with E-state index in [2.05, 4.69) is 5.32 Å². The van der Waals surface area contributed by atoms with Crippen LogP contribution in [0.15, 0.2) is 18.2 Å². The molecule has 0 spiro atoms. The molecule has 0 aliphatic rings. The van der Waals surface area contributed by atoms with E-state index < -0.39 is 0 Å². The van der Waals surface area contributed by atoms with Gasteiger partial charge in [0.05, 0.1) is 13.2 Å². The van der Waals surface area contributed by atoms with Crippen LogP contribution in [0.3, 0.4) is 0 Å². The first-order valence-electron chi connectivity index (χ1n) is 5.84. The van der Waals surface area contributed by atoms with Crippen LogP contribution in [-0.2, 0) is 11.2 Å². The molecule has 0 fully saturated rings. The Labute approximate surface area is 112 Å². The second-order valence-electron chi connectivity index (χ2n) is 3.74. The molecule has 0 bridgehead atoms. The van der Waals surface area contributed by atoms with Gasteiger partial charge in [-0.15, -0.1) is 0 Å². The number of nitrogens with zero attached hydrogens (tertiary/aromatic N) is 1. The summed E-state index contributed by atoms with van der Waals surface area (Å²) in [6.07, 6.45) is 0.652. The van der Waals surface area contributed by atoms with Crippen molar-refractivity contribution < 1.29 is 14.3 Å². The molecular weight excluding hydrogens is 246 g/mol. The number of hydrogen-bond donors (Lipinski definition) is 2. The maximum Gasteiger partial charge on any atom is 0.258 e. The number of ether oxygens (including phenoxy) is 2. The number of amides is 1. The fourth-order valence-corrected chi connectivity index (χ4v) is 1.49. The molecule has 3 N–H and O–H groups in total. The normalized spacial score (nSPS) is 9.53. The van der Waals surface area contributed by atoms with Gasteiger partial charge in [0.15, 0.2) is 6.61 Å². The van der Waals surface area contributed by atoms with E-state index in [0.29, 0.717) is 24.5 Å². The van der Waals surface area contributed by atoms with E-state index in [0.717, 1.165) is 5.56 Å². The summed E-state index contributed by atoms with van der Waals surface area (Å²) in [6, 6.07) is 7.20. The Bertz CT molecular complexity index is 469. The van der Waals surface area contributed by atoms with Crippen molar-refractivity contribution in [3.63, 3.8) is 0 Å².